The van der Waals surface area contributed by atoms with Crippen molar-refractivity contribution in [3.05, 3.63) is 41.5 Å². The Labute approximate surface area is 144 Å². The van der Waals surface area contributed by atoms with Crippen LogP contribution < -0.4 is 5.32 Å². The number of carboxylic acids is 1. The second kappa shape index (κ2) is 7.50. The average molecular weight is 374 g/mol. The van der Waals surface area contributed by atoms with E-state index in [2.05, 4.69) is 15.6 Å². The lowest BCUT2D eigenvalue weighted by Crippen LogP contribution is -2.31. The van der Waals surface area contributed by atoms with Gasteiger partial charge in [-0.05, 0) is 18.1 Å². The molecule has 26 heavy (non-hydrogen) atoms. The van der Waals surface area contributed by atoms with Crippen molar-refractivity contribution in [3.63, 3.8) is 0 Å². The minimum atomic E-state index is -5.02. The van der Waals surface area contributed by atoms with Crippen molar-refractivity contribution in [1.29, 1.82) is 0 Å². The van der Waals surface area contributed by atoms with Gasteiger partial charge in [0.1, 0.15) is 11.5 Å². The van der Waals surface area contributed by atoms with Gasteiger partial charge >= 0.3 is 12.1 Å². The summed E-state index contributed by atoms with van der Waals surface area (Å²) in [6.45, 7) is 1.34. The van der Waals surface area contributed by atoms with Crippen LogP contribution in [0.3, 0.4) is 0 Å². The zero-order chi connectivity index (χ0) is 19.5. The molecule has 7 nitrogen and oxygen atoms in total. The molecule has 2 N–H and O–H groups in total. The van der Waals surface area contributed by atoms with Crippen LogP contribution in [0.5, 0.6) is 0 Å². The van der Waals surface area contributed by atoms with Crippen molar-refractivity contribution in [2.75, 3.05) is 6.54 Å². The number of amides is 1. The molecule has 0 aliphatic heterocycles. The molecule has 1 atom stereocenters. The number of carbonyl (C=O) groups is 2. The lowest BCUT2D eigenvalue weighted by atomic mass is 10.1. The Morgan fingerprint density at radius 2 is 1.96 bits per heavy atom. The van der Waals surface area contributed by atoms with Gasteiger partial charge in [0.15, 0.2) is 11.4 Å². The van der Waals surface area contributed by atoms with Crippen LogP contribution in [-0.2, 0) is 11.0 Å². The number of aromatic nitrogens is 3. The first-order valence-corrected chi connectivity index (χ1v) is 7.39. The van der Waals surface area contributed by atoms with E-state index in [1.165, 1.54) is 19.1 Å². The molecular formula is C15H14F4N4O3. The first kappa shape index (κ1) is 19.3. The van der Waals surface area contributed by atoms with E-state index in [0.717, 1.165) is 12.1 Å². The summed E-state index contributed by atoms with van der Waals surface area (Å²) >= 11 is 0. The first-order chi connectivity index (χ1) is 12.1. The maximum absolute atomic E-state index is 13.8. The van der Waals surface area contributed by atoms with Crippen LogP contribution in [0.4, 0.5) is 17.6 Å². The standard InChI is InChI=1S/C15H14F4N4O3/c1-8(6-11(24)25)7-20-14(26)12-13(15(17,18)19)23(22-21-12)10-5-3-2-4-9(10)16/h2-5,8H,6-7H2,1H3,(H,20,26)(H,24,25). The molecular weight excluding hydrogens is 360 g/mol. The summed E-state index contributed by atoms with van der Waals surface area (Å²) in [7, 11) is 0. The van der Waals surface area contributed by atoms with Gasteiger partial charge in [0, 0.05) is 13.0 Å². The van der Waals surface area contributed by atoms with E-state index in [1.54, 1.807) is 0 Å². The number of alkyl halides is 3. The second-order valence-electron chi connectivity index (χ2n) is 5.56. The molecule has 0 radical (unpaired) electrons. The Bertz CT molecular complexity index is 819. The van der Waals surface area contributed by atoms with Crippen molar-refractivity contribution in [3.8, 4) is 5.69 Å². The van der Waals surface area contributed by atoms with Gasteiger partial charge in [-0.2, -0.15) is 13.2 Å². The van der Waals surface area contributed by atoms with Crippen molar-refractivity contribution in [2.24, 2.45) is 5.92 Å². The molecule has 1 heterocycles. The topological polar surface area (TPSA) is 97.1 Å². The highest BCUT2D eigenvalue weighted by atomic mass is 19.4. The van der Waals surface area contributed by atoms with Crippen LogP contribution in [-0.4, -0.2) is 38.5 Å². The van der Waals surface area contributed by atoms with Crippen molar-refractivity contribution in [1.82, 2.24) is 20.3 Å². The van der Waals surface area contributed by atoms with Gasteiger partial charge in [-0.15, -0.1) is 5.10 Å². The van der Waals surface area contributed by atoms with Crippen LogP contribution >= 0.6 is 0 Å². The van der Waals surface area contributed by atoms with Gasteiger partial charge in [-0.25, -0.2) is 9.07 Å². The highest BCUT2D eigenvalue weighted by Gasteiger charge is 2.42. The van der Waals surface area contributed by atoms with Gasteiger partial charge in [0.05, 0.1) is 0 Å². The summed E-state index contributed by atoms with van der Waals surface area (Å²) in [4.78, 5) is 22.6. The van der Waals surface area contributed by atoms with Crippen LogP contribution in [0.2, 0.25) is 0 Å². The summed E-state index contributed by atoms with van der Waals surface area (Å²) in [5.74, 6) is -3.76. The molecule has 0 saturated carbocycles. The maximum atomic E-state index is 13.8. The number of nitrogens with zero attached hydrogens (tertiary/aromatic N) is 3. The lowest BCUT2D eigenvalue weighted by Gasteiger charge is -2.13. The van der Waals surface area contributed by atoms with Gasteiger partial charge in [-0.1, -0.05) is 24.3 Å². The molecule has 0 aliphatic rings. The molecule has 1 unspecified atom stereocenters. The van der Waals surface area contributed by atoms with E-state index in [4.69, 9.17) is 5.11 Å². The fourth-order valence-corrected chi connectivity index (χ4v) is 2.20. The molecule has 2 aromatic rings. The van der Waals surface area contributed by atoms with Crippen molar-refractivity contribution in [2.45, 2.75) is 19.5 Å². The van der Waals surface area contributed by atoms with Crippen LogP contribution in [0.1, 0.15) is 29.5 Å². The third-order valence-corrected chi connectivity index (χ3v) is 3.37. The predicted octanol–water partition coefficient (Wildman–Crippen LogP) is 2.27. The van der Waals surface area contributed by atoms with Crippen molar-refractivity contribution >= 4 is 11.9 Å². The normalized spacial score (nSPS) is 12.7. The van der Waals surface area contributed by atoms with E-state index in [0.29, 0.717) is 0 Å². The number of carbonyl (C=O) groups excluding carboxylic acids is 1. The van der Waals surface area contributed by atoms with Gasteiger partial charge in [0.2, 0.25) is 0 Å². The third kappa shape index (κ3) is 4.35. The fourth-order valence-electron chi connectivity index (χ4n) is 2.20. The smallest absolute Gasteiger partial charge is 0.435 e. The van der Waals surface area contributed by atoms with Gasteiger partial charge in [-0.3, -0.25) is 9.59 Å². The minimum Gasteiger partial charge on any atom is -0.481 e. The lowest BCUT2D eigenvalue weighted by molar-refractivity contribution is -0.143. The Morgan fingerprint density at radius 1 is 1.31 bits per heavy atom. The minimum absolute atomic E-state index is 0.172. The monoisotopic (exact) mass is 374 g/mol. The molecule has 1 aromatic carbocycles. The second-order valence-corrected chi connectivity index (χ2v) is 5.56. The van der Waals surface area contributed by atoms with E-state index in [1.807, 2.05) is 0 Å². The van der Waals surface area contributed by atoms with E-state index >= 15 is 0 Å². The number of para-hydroxylation sites is 1. The molecule has 1 amide bonds. The zero-order valence-electron chi connectivity index (χ0n) is 13.4. The molecule has 0 fully saturated rings. The number of halogens is 4. The first-order valence-electron chi connectivity index (χ1n) is 7.39. The maximum Gasteiger partial charge on any atom is 0.435 e. The number of benzene rings is 1. The van der Waals surface area contributed by atoms with E-state index in [9.17, 15) is 27.2 Å². The highest BCUT2D eigenvalue weighted by molar-refractivity contribution is 5.93. The number of aliphatic carboxylic acids is 1. The zero-order valence-corrected chi connectivity index (χ0v) is 13.4. The van der Waals surface area contributed by atoms with E-state index < -0.39 is 46.9 Å². The predicted molar refractivity (Wildman–Crippen MR) is 80.1 cm³/mol. The summed E-state index contributed by atoms with van der Waals surface area (Å²) in [6, 6.07) is 4.62. The molecule has 0 bridgehead atoms. The van der Waals surface area contributed by atoms with Crippen LogP contribution in [0.15, 0.2) is 24.3 Å². The molecule has 0 saturated heterocycles. The molecule has 0 aliphatic carbocycles. The Balaban J connectivity index is 2.34. The largest absolute Gasteiger partial charge is 0.481 e. The summed E-state index contributed by atoms with van der Waals surface area (Å²) in [6.07, 6.45) is -5.29. The molecule has 0 spiro atoms. The number of carboxylic acid groups (broad SMARTS) is 1. The average Bonchev–Trinajstić information content (AvgIpc) is 2.97. The molecule has 140 valence electrons. The summed E-state index contributed by atoms with van der Waals surface area (Å²) < 4.78 is 54.3. The van der Waals surface area contributed by atoms with Crippen LogP contribution in [0.25, 0.3) is 5.69 Å². The summed E-state index contributed by atoms with van der Waals surface area (Å²) in [5, 5.41) is 17.3. The number of hydrogen-bond acceptors (Lipinski definition) is 4. The van der Waals surface area contributed by atoms with Gasteiger partial charge in [0.25, 0.3) is 5.91 Å². The Hall–Kier alpha value is -2.98. The molecule has 11 heteroatoms. The number of rotatable bonds is 6. The van der Waals surface area contributed by atoms with E-state index in [-0.39, 0.29) is 17.6 Å². The summed E-state index contributed by atoms with van der Waals surface area (Å²) in [5.41, 5.74) is -3.06. The molecule has 2 rings (SSSR count). The Morgan fingerprint density at radius 3 is 2.54 bits per heavy atom. The number of nitrogens with one attached hydrogen (secondary N) is 1. The quantitative estimate of drug-likeness (QED) is 0.756. The SMILES string of the molecule is CC(CNC(=O)c1nnn(-c2ccccc2F)c1C(F)(F)F)CC(=O)O. The van der Waals surface area contributed by atoms with Crippen molar-refractivity contribution < 1.29 is 32.3 Å². The molecule has 1 aromatic heterocycles. The number of hydrogen-bond donors (Lipinski definition) is 2. The van der Waals surface area contributed by atoms with Crippen LogP contribution in [0, 0.1) is 11.7 Å². The Kier molecular flexibility index (Phi) is 5.58. The highest BCUT2D eigenvalue weighted by Crippen LogP contribution is 2.33. The third-order valence-electron chi connectivity index (χ3n) is 3.37. The fraction of sp³-hybridized carbons (Fsp3) is 0.333. The van der Waals surface area contributed by atoms with Gasteiger partial charge < -0.3 is 10.4 Å².